The van der Waals surface area contributed by atoms with Crippen LogP contribution in [0.15, 0.2) is 0 Å². The first-order valence-corrected chi connectivity index (χ1v) is 6.07. The van der Waals surface area contributed by atoms with Gasteiger partial charge in [0.25, 0.3) is 0 Å². The number of piperidine rings is 1. The Balaban J connectivity index is 2.45. The fourth-order valence-electron chi connectivity index (χ4n) is 1.03. The van der Waals surface area contributed by atoms with E-state index < -0.39 is 0 Å². The van der Waals surface area contributed by atoms with E-state index in [2.05, 4.69) is 0 Å². The van der Waals surface area contributed by atoms with Crippen LogP contribution >= 0.6 is 11.6 Å². The van der Waals surface area contributed by atoms with Gasteiger partial charge in [-0.2, -0.15) is 0 Å². The third-order valence-corrected chi connectivity index (χ3v) is 3.76. The monoisotopic (exact) mass is 354 g/mol. The van der Waals surface area contributed by atoms with Crippen molar-refractivity contribution in [2.75, 3.05) is 12.5 Å². The molecular formula is C6H9ClNOPb. The first-order chi connectivity index (χ1) is 4.74. The second-order valence-corrected chi connectivity index (χ2v) is 5.88. The van der Waals surface area contributed by atoms with Gasteiger partial charge in [-0.25, -0.2) is 0 Å². The van der Waals surface area contributed by atoms with E-state index in [-0.39, 0.29) is 5.91 Å². The molecule has 0 aliphatic carbocycles. The Hall–Kier alpha value is 0.682. The summed E-state index contributed by atoms with van der Waals surface area (Å²) in [6.07, 6.45) is 1.79. The van der Waals surface area contributed by atoms with Gasteiger partial charge < -0.3 is 0 Å². The molecule has 1 amide bonds. The Morgan fingerprint density at radius 2 is 2.50 bits per heavy atom. The normalized spacial score (nSPS) is 27.2. The molecule has 1 heterocycles. The van der Waals surface area contributed by atoms with Crippen LogP contribution in [-0.2, 0) is 4.79 Å². The molecule has 3 radical (unpaired) electrons. The van der Waals surface area contributed by atoms with E-state index in [1.165, 1.54) is 25.8 Å². The Kier molecular flexibility index (Phi) is 3.42. The molecule has 2 nitrogen and oxygen atoms in total. The van der Waals surface area contributed by atoms with E-state index in [1.807, 2.05) is 0 Å². The van der Waals surface area contributed by atoms with Crippen molar-refractivity contribution in [3.63, 3.8) is 0 Å². The zero-order valence-corrected chi connectivity index (χ0v) is 10.3. The zero-order valence-electron chi connectivity index (χ0n) is 5.64. The Labute approximate surface area is 81.6 Å². The average molecular weight is 354 g/mol. The van der Waals surface area contributed by atoms with Crippen LogP contribution in [0.3, 0.4) is 0 Å². The van der Waals surface area contributed by atoms with Crippen LogP contribution < -0.4 is 0 Å². The van der Waals surface area contributed by atoms with E-state index in [0.29, 0.717) is 12.4 Å². The molecule has 1 rings (SSSR count). The number of rotatable bonds is 1. The Morgan fingerprint density at radius 1 is 1.80 bits per heavy atom. The van der Waals surface area contributed by atoms with Crippen molar-refractivity contribution in [3.05, 3.63) is 0 Å². The minimum absolute atomic E-state index is 0.224. The number of halogens is 1. The van der Waals surface area contributed by atoms with Gasteiger partial charge in [0.15, 0.2) is 0 Å². The number of amides is 1. The summed E-state index contributed by atoms with van der Waals surface area (Å²) in [4.78, 5) is 12.8. The second-order valence-electron chi connectivity index (χ2n) is 2.47. The van der Waals surface area contributed by atoms with E-state index >= 15 is 0 Å². The predicted molar refractivity (Wildman–Crippen MR) is 41.2 cm³/mol. The summed E-state index contributed by atoms with van der Waals surface area (Å²) in [5, 5.41) is 0. The van der Waals surface area contributed by atoms with Gasteiger partial charge >= 0.3 is 81.8 Å². The number of likely N-dealkylation sites (tertiary alicyclic amines) is 1. The SMILES string of the molecule is O=C1CC[CH]([Pb])CN1CCl. The van der Waals surface area contributed by atoms with Gasteiger partial charge in [-0.1, -0.05) is 0 Å². The second kappa shape index (κ2) is 3.90. The van der Waals surface area contributed by atoms with E-state index in [9.17, 15) is 4.79 Å². The molecule has 1 unspecified atom stereocenters. The molecule has 55 valence electrons. The van der Waals surface area contributed by atoms with Gasteiger partial charge in [0.2, 0.25) is 0 Å². The number of hydrogen-bond donors (Lipinski definition) is 0. The maximum atomic E-state index is 11.0. The first-order valence-electron chi connectivity index (χ1n) is 3.29. The molecule has 4 heteroatoms. The van der Waals surface area contributed by atoms with Crippen molar-refractivity contribution in [1.29, 1.82) is 0 Å². The molecule has 0 N–H and O–H groups in total. The molecule has 10 heavy (non-hydrogen) atoms. The van der Waals surface area contributed by atoms with Crippen LogP contribution in [0, 0.1) is 0 Å². The molecular weight excluding hydrogens is 345 g/mol. The van der Waals surface area contributed by atoms with E-state index in [1.54, 1.807) is 4.90 Å². The molecule has 0 spiro atoms. The van der Waals surface area contributed by atoms with Crippen molar-refractivity contribution < 1.29 is 4.79 Å². The summed E-state index contributed by atoms with van der Waals surface area (Å²) in [7, 11) is 0. The van der Waals surface area contributed by atoms with Crippen LogP contribution in [0.4, 0.5) is 0 Å². The Bertz CT molecular complexity index is 142. The fraction of sp³-hybridized carbons (Fsp3) is 0.833. The van der Waals surface area contributed by atoms with Gasteiger partial charge in [0, 0.05) is 0 Å². The van der Waals surface area contributed by atoms with Crippen molar-refractivity contribution >= 4 is 43.3 Å². The summed E-state index contributed by atoms with van der Waals surface area (Å²) in [5.41, 5.74) is 0. The van der Waals surface area contributed by atoms with Gasteiger partial charge in [-0.15, -0.1) is 0 Å². The van der Waals surface area contributed by atoms with Crippen molar-refractivity contribution in [1.82, 2.24) is 4.90 Å². The summed E-state index contributed by atoms with van der Waals surface area (Å²) in [6.45, 7) is 0.897. The number of carbonyl (C=O) groups excluding carboxylic acids is 1. The number of carbonyl (C=O) groups is 1. The number of hydrogen-bond acceptors (Lipinski definition) is 1. The molecule has 0 saturated carbocycles. The maximum absolute atomic E-state index is 11.0. The summed E-state index contributed by atoms with van der Waals surface area (Å²) in [6, 6.07) is 0.373. The van der Waals surface area contributed by atoms with Crippen LogP contribution in [0.2, 0.25) is 3.48 Å². The first kappa shape index (κ1) is 8.78. The van der Waals surface area contributed by atoms with Crippen LogP contribution in [-0.4, -0.2) is 49.1 Å². The third-order valence-electron chi connectivity index (χ3n) is 1.64. The summed E-state index contributed by atoms with van der Waals surface area (Å²) < 4.78 is 0.761. The van der Waals surface area contributed by atoms with Gasteiger partial charge in [-0.3, -0.25) is 0 Å². The zero-order chi connectivity index (χ0) is 7.56. The average Bonchev–Trinajstić information content (AvgIpc) is 1.94. The topological polar surface area (TPSA) is 20.3 Å². The number of alkyl halides is 1. The van der Waals surface area contributed by atoms with Crippen LogP contribution in [0.25, 0.3) is 0 Å². The molecule has 1 fully saturated rings. The van der Waals surface area contributed by atoms with Crippen LogP contribution in [0.5, 0.6) is 0 Å². The molecule has 0 aromatic heterocycles. The summed E-state index contributed by atoms with van der Waals surface area (Å²) >= 11 is 6.74. The molecule has 0 aromatic carbocycles. The predicted octanol–water partition coefficient (Wildman–Crippen LogP) is 0.762. The Morgan fingerprint density at radius 3 is 3.00 bits per heavy atom. The summed E-state index contributed by atoms with van der Waals surface area (Å²) in [5.74, 6) is 0.224. The van der Waals surface area contributed by atoms with Crippen LogP contribution in [0.1, 0.15) is 12.8 Å². The van der Waals surface area contributed by atoms with Gasteiger partial charge in [-0.05, 0) is 0 Å². The fourth-order valence-corrected chi connectivity index (χ4v) is 2.68. The van der Waals surface area contributed by atoms with Crippen molar-refractivity contribution in [2.45, 2.75) is 16.3 Å². The van der Waals surface area contributed by atoms with Gasteiger partial charge in [0.05, 0.1) is 0 Å². The molecule has 1 saturated heterocycles. The quantitative estimate of drug-likeness (QED) is 0.387. The van der Waals surface area contributed by atoms with Crippen molar-refractivity contribution in [3.8, 4) is 0 Å². The molecule has 1 aliphatic heterocycles. The van der Waals surface area contributed by atoms with Gasteiger partial charge in [0.1, 0.15) is 0 Å². The third kappa shape index (κ3) is 2.08. The standard InChI is InChI=1S/C6H9ClNO.Pb/c7-5-8-4-2-1-3-6(8)9;/h2H,1,3-5H2;. The molecule has 1 atom stereocenters. The molecule has 0 bridgehead atoms. The van der Waals surface area contributed by atoms with Crippen molar-refractivity contribution in [2.24, 2.45) is 0 Å². The molecule has 0 aromatic rings. The minimum atomic E-state index is 0.224. The number of nitrogens with zero attached hydrogens (tertiary/aromatic N) is 1. The van der Waals surface area contributed by atoms with E-state index in [4.69, 9.17) is 11.6 Å². The van der Waals surface area contributed by atoms with E-state index in [0.717, 1.165) is 16.4 Å². The molecule has 1 aliphatic rings.